The molecule has 4 rings (SSSR count). The zero-order valence-corrected chi connectivity index (χ0v) is 21.4. The summed E-state index contributed by atoms with van der Waals surface area (Å²) in [7, 11) is -3.04. The molecule has 0 aliphatic heterocycles. The van der Waals surface area contributed by atoms with Gasteiger partial charge in [-0.2, -0.15) is 0 Å². The van der Waals surface area contributed by atoms with Gasteiger partial charge in [-0.1, -0.05) is 118 Å². The summed E-state index contributed by atoms with van der Waals surface area (Å²) in [6.07, 6.45) is 8.83. The van der Waals surface area contributed by atoms with Gasteiger partial charge in [-0.3, -0.25) is 0 Å². The first-order valence-corrected chi connectivity index (χ1v) is 18.0. The van der Waals surface area contributed by atoms with Crippen LogP contribution in [0.2, 0.25) is 39.3 Å². The average molecular weight is 435 g/mol. The molecular formula is C29H30Si2. The van der Waals surface area contributed by atoms with Gasteiger partial charge in [0, 0.05) is 22.4 Å². The van der Waals surface area contributed by atoms with Gasteiger partial charge in [-0.15, -0.1) is 11.1 Å². The molecule has 154 valence electrons. The molecule has 0 saturated carbocycles. The fourth-order valence-electron chi connectivity index (χ4n) is 3.94. The molecule has 0 N–H and O–H groups in total. The summed E-state index contributed by atoms with van der Waals surface area (Å²) in [6, 6.07) is 15.4. The third kappa shape index (κ3) is 4.62. The van der Waals surface area contributed by atoms with E-state index in [0.717, 1.165) is 11.1 Å². The van der Waals surface area contributed by atoms with E-state index in [1.54, 1.807) is 0 Å². The summed E-state index contributed by atoms with van der Waals surface area (Å²) >= 11 is 0. The van der Waals surface area contributed by atoms with Crippen molar-refractivity contribution in [3.8, 4) is 22.9 Å². The van der Waals surface area contributed by atoms with Crippen LogP contribution >= 0.6 is 0 Å². The second kappa shape index (κ2) is 8.04. The standard InChI is InChI=1S/C29H30Si2/c1-30(2,3)20-18-26-24-14-9-10-15-25(24)28(19-21-31(4,5)6)29-23(16-11-17-27(26)29)22-12-7-8-13-22/h7-17,22H,1-6H3. The van der Waals surface area contributed by atoms with E-state index >= 15 is 0 Å². The van der Waals surface area contributed by atoms with Crippen LogP contribution in [0, 0.1) is 22.9 Å². The summed E-state index contributed by atoms with van der Waals surface area (Å²) in [5.41, 5.74) is 10.9. The SMILES string of the molecule is C[Si](C)(C)C#Cc1c2ccccc2c(C#C[Si](C)(C)C)c2c(C3C=CC=C3)cccc12. The number of fused-ring (bicyclic) bond motifs is 2. The molecule has 1 aliphatic carbocycles. The molecule has 0 radical (unpaired) electrons. The van der Waals surface area contributed by atoms with Crippen LogP contribution in [0.15, 0.2) is 66.8 Å². The monoisotopic (exact) mass is 434 g/mol. The van der Waals surface area contributed by atoms with E-state index in [1.807, 2.05) is 0 Å². The van der Waals surface area contributed by atoms with E-state index in [-0.39, 0.29) is 5.92 Å². The van der Waals surface area contributed by atoms with Crippen LogP contribution in [0.1, 0.15) is 22.6 Å². The smallest absolute Gasteiger partial charge is 0.127 e. The Balaban J connectivity index is 2.20. The first kappa shape index (κ1) is 21.4. The van der Waals surface area contributed by atoms with Crippen molar-refractivity contribution < 1.29 is 0 Å². The highest BCUT2D eigenvalue weighted by atomic mass is 28.3. The van der Waals surface area contributed by atoms with Crippen molar-refractivity contribution >= 4 is 37.7 Å². The zero-order valence-electron chi connectivity index (χ0n) is 19.4. The Kier molecular flexibility index (Phi) is 5.57. The minimum atomic E-state index is -1.53. The van der Waals surface area contributed by atoms with Crippen LogP contribution in [0.3, 0.4) is 0 Å². The normalized spacial score (nSPS) is 13.9. The predicted octanol–water partition coefficient (Wildman–Crippen LogP) is 7.66. The van der Waals surface area contributed by atoms with Gasteiger partial charge in [-0.25, -0.2) is 0 Å². The van der Waals surface area contributed by atoms with Gasteiger partial charge in [0.15, 0.2) is 0 Å². The van der Waals surface area contributed by atoms with Gasteiger partial charge in [0.05, 0.1) is 0 Å². The third-order valence-electron chi connectivity index (χ3n) is 5.31. The third-order valence-corrected chi connectivity index (χ3v) is 7.06. The minimum absolute atomic E-state index is 0.287. The van der Waals surface area contributed by atoms with Crippen LogP contribution in [0.4, 0.5) is 0 Å². The Hall–Kier alpha value is -2.79. The highest BCUT2D eigenvalue weighted by Gasteiger charge is 2.19. The predicted molar refractivity (Wildman–Crippen MR) is 143 cm³/mol. The van der Waals surface area contributed by atoms with Crippen molar-refractivity contribution in [3.63, 3.8) is 0 Å². The molecule has 0 nitrogen and oxygen atoms in total. The number of hydrogen-bond donors (Lipinski definition) is 0. The summed E-state index contributed by atoms with van der Waals surface area (Å²) < 4.78 is 0. The lowest BCUT2D eigenvalue weighted by molar-refractivity contribution is 1.12. The molecular weight excluding hydrogens is 404 g/mol. The van der Waals surface area contributed by atoms with E-state index in [4.69, 9.17) is 0 Å². The summed E-state index contributed by atoms with van der Waals surface area (Å²) in [5.74, 6) is 7.57. The van der Waals surface area contributed by atoms with E-state index in [1.165, 1.54) is 27.1 Å². The Labute approximate surface area is 189 Å². The van der Waals surface area contributed by atoms with Gasteiger partial charge in [0.25, 0.3) is 0 Å². The molecule has 0 amide bonds. The largest absolute Gasteiger partial charge is 0.129 e. The molecule has 0 bridgehead atoms. The Morgan fingerprint density at radius 2 is 1.13 bits per heavy atom. The van der Waals surface area contributed by atoms with Crippen LogP contribution in [-0.2, 0) is 0 Å². The van der Waals surface area contributed by atoms with Crippen molar-refractivity contribution in [1.29, 1.82) is 0 Å². The molecule has 0 aromatic heterocycles. The van der Waals surface area contributed by atoms with Gasteiger partial charge < -0.3 is 0 Å². The van der Waals surface area contributed by atoms with Crippen LogP contribution < -0.4 is 0 Å². The first-order valence-electron chi connectivity index (χ1n) is 11.0. The van der Waals surface area contributed by atoms with Gasteiger partial charge in [0.2, 0.25) is 0 Å². The molecule has 0 unspecified atom stereocenters. The van der Waals surface area contributed by atoms with Crippen molar-refractivity contribution in [2.45, 2.75) is 45.2 Å². The molecule has 2 heteroatoms. The highest BCUT2D eigenvalue weighted by molar-refractivity contribution is 6.84. The van der Waals surface area contributed by atoms with Crippen molar-refractivity contribution in [3.05, 3.63) is 83.5 Å². The summed E-state index contributed by atoms with van der Waals surface area (Å²) in [5, 5.41) is 4.94. The highest BCUT2D eigenvalue weighted by Crippen LogP contribution is 2.38. The van der Waals surface area contributed by atoms with E-state index in [0.29, 0.717) is 0 Å². The molecule has 0 spiro atoms. The van der Waals surface area contributed by atoms with E-state index < -0.39 is 16.1 Å². The Bertz CT molecular complexity index is 1340. The molecule has 3 aromatic carbocycles. The second-order valence-electron chi connectivity index (χ2n) is 10.4. The van der Waals surface area contributed by atoms with Crippen molar-refractivity contribution in [1.82, 2.24) is 0 Å². The Morgan fingerprint density at radius 1 is 0.613 bits per heavy atom. The lowest BCUT2D eigenvalue weighted by Crippen LogP contribution is -2.16. The molecule has 0 atom stereocenters. The second-order valence-corrected chi connectivity index (χ2v) is 19.9. The topological polar surface area (TPSA) is 0 Å². The van der Waals surface area contributed by atoms with Crippen molar-refractivity contribution in [2.24, 2.45) is 0 Å². The maximum Gasteiger partial charge on any atom is 0.129 e. The lowest BCUT2D eigenvalue weighted by atomic mass is 9.86. The summed E-state index contributed by atoms with van der Waals surface area (Å²) in [4.78, 5) is 0. The lowest BCUT2D eigenvalue weighted by Gasteiger charge is -2.17. The van der Waals surface area contributed by atoms with Gasteiger partial charge in [-0.05, 0) is 21.7 Å². The average Bonchev–Trinajstić information content (AvgIpc) is 3.23. The van der Waals surface area contributed by atoms with Gasteiger partial charge >= 0.3 is 0 Å². The van der Waals surface area contributed by atoms with E-state index in [2.05, 4.69) is 129 Å². The number of benzene rings is 3. The van der Waals surface area contributed by atoms with Crippen molar-refractivity contribution in [2.75, 3.05) is 0 Å². The van der Waals surface area contributed by atoms with Crippen LogP contribution in [0.25, 0.3) is 21.5 Å². The van der Waals surface area contributed by atoms with E-state index in [9.17, 15) is 0 Å². The van der Waals surface area contributed by atoms with Crippen LogP contribution in [-0.4, -0.2) is 16.1 Å². The number of hydrogen-bond acceptors (Lipinski definition) is 0. The molecule has 3 aromatic rings. The number of allylic oxidation sites excluding steroid dienone is 4. The van der Waals surface area contributed by atoms with Crippen LogP contribution in [0.5, 0.6) is 0 Å². The Morgan fingerprint density at radius 3 is 1.71 bits per heavy atom. The number of rotatable bonds is 1. The molecule has 31 heavy (non-hydrogen) atoms. The fraction of sp³-hybridized carbons (Fsp3) is 0.241. The zero-order chi connectivity index (χ0) is 22.2. The molecule has 0 heterocycles. The minimum Gasteiger partial charge on any atom is -0.127 e. The summed E-state index contributed by atoms with van der Waals surface area (Å²) in [6.45, 7) is 13.8. The maximum atomic E-state index is 3.66. The first-order chi connectivity index (χ1) is 14.6. The fourth-order valence-corrected chi connectivity index (χ4v) is 4.94. The maximum absolute atomic E-state index is 3.66. The molecule has 0 fully saturated rings. The quantitative estimate of drug-likeness (QED) is 0.209. The molecule has 0 saturated heterocycles. The van der Waals surface area contributed by atoms with Gasteiger partial charge in [0.1, 0.15) is 16.1 Å². The molecule has 1 aliphatic rings.